The van der Waals surface area contributed by atoms with Gasteiger partial charge in [0.05, 0.1) is 11.5 Å². The van der Waals surface area contributed by atoms with Crippen molar-refractivity contribution in [3.63, 3.8) is 0 Å². The van der Waals surface area contributed by atoms with Crippen LogP contribution in [0.15, 0.2) is 42.5 Å². The summed E-state index contributed by atoms with van der Waals surface area (Å²) in [5.41, 5.74) is 1.22. The summed E-state index contributed by atoms with van der Waals surface area (Å²) < 4.78 is 12.7. The average Bonchev–Trinajstić information content (AvgIpc) is 2.53. The Labute approximate surface area is 132 Å². The molecule has 0 saturated heterocycles. The number of aryl methyl sites for hydroxylation is 1. The van der Waals surface area contributed by atoms with E-state index in [0.717, 1.165) is 0 Å². The Morgan fingerprint density at radius 2 is 1.96 bits per heavy atom. The number of nitro groups is 1. The smallest absolute Gasteiger partial charge is 0.273 e. The van der Waals surface area contributed by atoms with E-state index in [1.165, 1.54) is 42.5 Å². The summed E-state index contributed by atoms with van der Waals surface area (Å²) >= 11 is 0. The zero-order valence-electron chi connectivity index (χ0n) is 12.3. The maximum atomic E-state index is 12.7. The predicted molar refractivity (Wildman–Crippen MR) is 83.4 cm³/mol. The lowest BCUT2D eigenvalue weighted by Crippen LogP contribution is -2.23. The lowest BCUT2D eigenvalue weighted by atomic mass is 10.1. The van der Waals surface area contributed by atoms with Crippen molar-refractivity contribution in [3.05, 3.63) is 75.1 Å². The molecule has 2 rings (SSSR count). The Balaban J connectivity index is 1.99. The Kier molecular flexibility index (Phi) is 5.05. The van der Waals surface area contributed by atoms with E-state index in [-0.39, 0.29) is 23.6 Å². The van der Waals surface area contributed by atoms with Gasteiger partial charge in [-0.2, -0.15) is 0 Å². The van der Waals surface area contributed by atoms with Crippen LogP contribution in [0.5, 0.6) is 0 Å². The number of halogens is 1. The number of hydrogen-bond donors (Lipinski definition) is 1. The van der Waals surface area contributed by atoms with E-state index in [4.69, 9.17) is 0 Å². The zero-order valence-corrected chi connectivity index (χ0v) is 12.3. The second-order valence-corrected chi connectivity index (χ2v) is 4.75. The third-order valence-electron chi connectivity index (χ3n) is 3.08. The number of amides is 1. The molecule has 1 amide bonds. The Bertz CT molecular complexity index is 805. The zero-order chi connectivity index (χ0) is 16.8. The molecule has 2 aromatic carbocycles. The summed E-state index contributed by atoms with van der Waals surface area (Å²) in [7, 11) is 0. The van der Waals surface area contributed by atoms with Gasteiger partial charge in [-0.3, -0.25) is 14.9 Å². The van der Waals surface area contributed by atoms with Crippen molar-refractivity contribution in [2.24, 2.45) is 0 Å². The number of carbonyl (C=O) groups is 1. The normalized spacial score (nSPS) is 9.65. The molecule has 0 bridgehead atoms. The number of nitrogens with zero attached hydrogens (tertiary/aromatic N) is 1. The van der Waals surface area contributed by atoms with Crippen LogP contribution in [0, 0.1) is 34.7 Å². The van der Waals surface area contributed by atoms with Gasteiger partial charge in [-0.05, 0) is 37.3 Å². The van der Waals surface area contributed by atoms with Crippen molar-refractivity contribution in [1.29, 1.82) is 0 Å². The number of nitro benzene ring substituents is 1. The molecule has 0 unspecified atom stereocenters. The molecule has 0 fully saturated rings. The van der Waals surface area contributed by atoms with Crippen LogP contribution >= 0.6 is 0 Å². The third kappa shape index (κ3) is 4.38. The van der Waals surface area contributed by atoms with Gasteiger partial charge in [-0.1, -0.05) is 17.9 Å². The number of benzene rings is 2. The molecule has 116 valence electrons. The molecule has 0 radical (unpaired) electrons. The van der Waals surface area contributed by atoms with Gasteiger partial charge in [0.2, 0.25) is 0 Å². The Morgan fingerprint density at radius 3 is 2.61 bits per heavy atom. The average molecular weight is 312 g/mol. The van der Waals surface area contributed by atoms with Crippen molar-refractivity contribution >= 4 is 11.6 Å². The van der Waals surface area contributed by atoms with Gasteiger partial charge in [-0.15, -0.1) is 0 Å². The molecule has 0 spiro atoms. The van der Waals surface area contributed by atoms with Crippen molar-refractivity contribution in [3.8, 4) is 11.8 Å². The molecule has 5 nitrogen and oxygen atoms in total. The van der Waals surface area contributed by atoms with Crippen LogP contribution in [0.2, 0.25) is 0 Å². The largest absolute Gasteiger partial charge is 0.341 e. The third-order valence-corrected chi connectivity index (χ3v) is 3.08. The summed E-state index contributed by atoms with van der Waals surface area (Å²) in [6.45, 7) is 1.69. The molecule has 0 aliphatic rings. The van der Waals surface area contributed by atoms with Crippen LogP contribution in [-0.4, -0.2) is 17.4 Å². The fourth-order valence-electron chi connectivity index (χ4n) is 1.85. The first-order valence-corrected chi connectivity index (χ1v) is 6.75. The molecule has 23 heavy (non-hydrogen) atoms. The van der Waals surface area contributed by atoms with Crippen LogP contribution < -0.4 is 5.32 Å². The number of nitrogens with one attached hydrogen (secondary N) is 1. The van der Waals surface area contributed by atoms with Gasteiger partial charge in [-0.25, -0.2) is 4.39 Å². The first kappa shape index (κ1) is 16.2. The number of carbonyl (C=O) groups excluding carboxylic acids is 1. The van der Waals surface area contributed by atoms with Crippen LogP contribution in [0.1, 0.15) is 21.5 Å². The fraction of sp³-hybridized carbons (Fsp3) is 0.118. The lowest BCUT2D eigenvalue weighted by Gasteiger charge is -2.03. The first-order chi connectivity index (χ1) is 11.0. The molecule has 0 aliphatic carbocycles. The molecule has 1 N–H and O–H groups in total. The molecular formula is C17H13FN2O3. The maximum Gasteiger partial charge on any atom is 0.273 e. The minimum absolute atomic E-state index is 0.0812. The van der Waals surface area contributed by atoms with E-state index >= 15 is 0 Å². The predicted octanol–water partition coefficient (Wildman–Crippen LogP) is 2.82. The number of rotatable bonds is 3. The van der Waals surface area contributed by atoms with Gasteiger partial charge in [0.1, 0.15) is 5.82 Å². The highest BCUT2D eigenvalue weighted by Gasteiger charge is 2.14. The standard InChI is InChI=1S/C17H13FN2O3/c1-12-4-7-14(11-16(12)20(22)23)17(21)19-10-2-3-13-5-8-15(18)9-6-13/h4-9,11H,10H2,1H3,(H,19,21). The van der Waals surface area contributed by atoms with Gasteiger partial charge >= 0.3 is 0 Å². The van der Waals surface area contributed by atoms with Crippen molar-refractivity contribution in [2.75, 3.05) is 6.54 Å². The second kappa shape index (κ2) is 7.18. The second-order valence-electron chi connectivity index (χ2n) is 4.75. The van der Waals surface area contributed by atoms with E-state index < -0.39 is 10.8 Å². The van der Waals surface area contributed by atoms with Crippen LogP contribution in [0.4, 0.5) is 10.1 Å². The topological polar surface area (TPSA) is 72.2 Å². The highest BCUT2D eigenvalue weighted by molar-refractivity contribution is 5.95. The van der Waals surface area contributed by atoms with E-state index in [9.17, 15) is 19.3 Å². The lowest BCUT2D eigenvalue weighted by molar-refractivity contribution is -0.385. The summed E-state index contributed by atoms with van der Waals surface area (Å²) in [5, 5.41) is 13.4. The summed E-state index contributed by atoms with van der Waals surface area (Å²) in [6, 6.07) is 9.95. The molecule has 0 aliphatic heterocycles. The van der Waals surface area contributed by atoms with Gasteiger partial charge in [0, 0.05) is 22.8 Å². The van der Waals surface area contributed by atoms with E-state index in [1.54, 1.807) is 6.92 Å². The monoisotopic (exact) mass is 312 g/mol. The van der Waals surface area contributed by atoms with Gasteiger partial charge in [0.25, 0.3) is 11.6 Å². The molecule has 2 aromatic rings. The molecule has 6 heteroatoms. The van der Waals surface area contributed by atoms with Crippen molar-refractivity contribution in [2.45, 2.75) is 6.92 Å². The van der Waals surface area contributed by atoms with Crippen LogP contribution in [-0.2, 0) is 0 Å². The highest BCUT2D eigenvalue weighted by Crippen LogP contribution is 2.19. The fourth-order valence-corrected chi connectivity index (χ4v) is 1.85. The minimum Gasteiger partial charge on any atom is -0.341 e. The van der Waals surface area contributed by atoms with E-state index in [1.807, 2.05) is 0 Å². The van der Waals surface area contributed by atoms with Crippen LogP contribution in [0.3, 0.4) is 0 Å². The summed E-state index contributed by atoms with van der Waals surface area (Å²) in [6.07, 6.45) is 0. The molecular weight excluding hydrogens is 299 g/mol. The van der Waals surface area contributed by atoms with E-state index in [2.05, 4.69) is 17.2 Å². The van der Waals surface area contributed by atoms with Crippen LogP contribution in [0.25, 0.3) is 0 Å². The highest BCUT2D eigenvalue weighted by atomic mass is 19.1. The SMILES string of the molecule is Cc1ccc(C(=O)NCC#Cc2ccc(F)cc2)cc1[N+](=O)[O-]. The quantitative estimate of drug-likeness (QED) is 0.538. The summed E-state index contributed by atoms with van der Waals surface area (Å²) in [5.74, 6) is 4.72. The molecule has 0 saturated carbocycles. The number of hydrogen-bond acceptors (Lipinski definition) is 3. The van der Waals surface area contributed by atoms with Gasteiger partial charge in [0.15, 0.2) is 0 Å². The van der Waals surface area contributed by atoms with Gasteiger partial charge < -0.3 is 5.32 Å². The van der Waals surface area contributed by atoms with Crippen molar-refractivity contribution in [1.82, 2.24) is 5.32 Å². The maximum absolute atomic E-state index is 12.7. The Morgan fingerprint density at radius 1 is 1.26 bits per heavy atom. The van der Waals surface area contributed by atoms with E-state index in [0.29, 0.717) is 11.1 Å². The molecule has 0 heterocycles. The first-order valence-electron chi connectivity index (χ1n) is 6.75. The molecule has 0 atom stereocenters. The minimum atomic E-state index is -0.527. The Hall–Kier alpha value is -3.20. The summed E-state index contributed by atoms with van der Waals surface area (Å²) in [4.78, 5) is 22.3. The molecule has 0 aromatic heterocycles. The van der Waals surface area contributed by atoms with Crippen molar-refractivity contribution < 1.29 is 14.1 Å².